The molecular formula is C12H18N2O3. The van der Waals surface area contributed by atoms with Crippen molar-refractivity contribution in [1.29, 1.82) is 0 Å². The lowest BCUT2D eigenvalue weighted by atomic mass is 9.97. The second kappa shape index (κ2) is 6.92. The number of rotatable bonds is 5. The van der Waals surface area contributed by atoms with E-state index in [2.05, 4.69) is 11.2 Å². The summed E-state index contributed by atoms with van der Waals surface area (Å²) >= 11 is 0. The summed E-state index contributed by atoms with van der Waals surface area (Å²) in [5.74, 6) is 1.45. The SMILES string of the molecule is C#CCCNCC(=O)N1CCC(C(=O)O)CC1. The molecule has 0 unspecified atom stereocenters. The van der Waals surface area contributed by atoms with Crippen LogP contribution >= 0.6 is 0 Å². The predicted octanol–water partition coefficient (Wildman–Crippen LogP) is -0.0775. The van der Waals surface area contributed by atoms with Crippen LogP contribution in [0.25, 0.3) is 0 Å². The standard InChI is InChI=1S/C12H18N2O3/c1-2-3-6-13-9-11(15)14-7-4-10(5-8-14)12(16)17/h1,10,13H,3-9H2,(H,16,17). The summed E-state index contributed by atoms with van der Waals surface area (Å²) in [6.45, 7) is 1.98. The Hall–Kier alpha value is -1.54. The molecule has 1 amide bonds. The summed E-state index contributed by atoms with van der Waals surface area (Å²) in [7, 11) is 0. The van der Waals surface area contributed by atoms with Crippen molar-refractivity contribution in [3.8, 4) is 12.3 Å². The number of piperidine rings is 1. The van der Waals surface area contributed by atoms with E-state index >= 15 is 0 Å². The summed E-state index contributed by atoms with van der Waals surface area (Å²) in [6, 6.07) is 0. The van der Waals surface area contributed by atoms with Gasteiger partial charge in [-0.05, 0) is 12.8 Å². The van der Waals surface area contributed by atoms with Crippen molar-refractivity contribution in [3.05, 3.63) is 0 Å². The molecule has 1 rings (SSSR count). The first kappa shape index (κ1) is 13.5. The van der Waals surface area contributed by atoms with E-state index in [0.717, 1.165) is 0 Å². The number of carboxylic acids is 1. The molecule has 1 aliphatic heterocycles. The highest BCUT2D eigenvalue weighted by atomic mass is 16.4. The van der Waals surface area contributed by atoms with Crippen molar-refractivity contribution in [1.82, 2.24) is 10.2 Å². The van der Waals surface area contributed by atoms with Gasteiger partial charge in [0, 0.05) is 26.1 Å². The van der Waals surface area contributed by atoms with Gasteiger partial charge in [0.2, 0.25) is 5.91 Å². The largest absolute Gasteiger partial charge is 0.481 e. The van der Waals surface area contributed by atoms with Crippen LogP contribution in [0, 0.1) is 18.3 Å². The van der Waals surface area contributed by atoms with E-state index in [-0.39, 0.29) is 18.4 Å². The summed E-state index contributed by atoms with van der Waals surface area (Å²) in [6.07, 6.45) is 6.79. The zero-order valence-electron chi connectivity index (χ0n) is 9.82. The molecular weight excluding hydrogens is 220 g/mol. The molecule has 1 fully saturated rings. The Morgan fingerprint density at radius 1 is 1.41 bits per heavy atom. The van der Waals surface area contributed by atoms with Crippen molar-refractivity contribution in [2.75, 3.05) is 26.2 Å². The Morgan fingerprint density at radius 2 is 2.06 bits per heavy atom. The van der Waals surface area contributed by atoms with Gasteiger partial charge in [0.05, 0.1) is 12.5 Å². The third-order valence-corrected chi connectivity index (χ3v) is 2.92. The van der Waals surface area contributed by atoms with E-state index in [1.807, 2.05) is 0 Å². The highest BCUT2D eigenvalue weighted by Crippen LogP contribution is 2.16. The number of nitrogens with zero attached hydrogens (tertiary/aromatic N) is 1. The molecule has 0 atom stereocenters. The van der Waals surface area contributed by atoms with E-state index in [4.69, 9.17) is 11.5 Å². The van der Waals surface area contributed by atoms with Crippen LogP contribution in [0.1, 0.15) is 19.3 Å². The molecule has 0 aromatic rings. The maximum absolute atomic E-state index is 11.7. The Labute approximate surface area is 101 Å². The van der Waals surface area contributed by atoms with Crippen LogP contribution in [0.15, 0.2) is 0 Å². The Balaban J connectivity index is 2.22. The molecule has 2 N–H and O–H groups in total. The van der Waals surface area contributed by atoms with E-state index in [1.165, 1.54) is 0 Å². The van der Waals surface area contributed by atoms with Gasteiger partial charge >= 0.3 is 5.97 Å². The van der Waals surface area contributed by atoms with Crippen molar-refractivity contribution in [2.24, 2.45) is 5.92 Å². The summed E-state index contributed by atoms with van der Waals surface area (Å²) < 4.78 is 0. The monoisotopic (exact) mass is 238 g/mol. The second-order valence-corrected chi connectivity index (χ2v) is 4.12. The van der Waals surface area contributed by atoms with Crippen LogP contribution in [0.5, 0.6) is 0 Å². The fraction of sp³-hybridized carbons (Fsp3) is 0.667. The zero-order chi connectivity index (χ0) is 12.7. The third-order valence-electron chi connectivity index (χ3n) is 2.92. The second-order valence-electron chi connectivity index (χ2n) is 4.12. The number of terminal acetylenes is 1. The molecule has 0 bridgehead atoms. The minimum Gasteiger partial charge on any atom is -0.481 e. The fourth-order valence-electron chi connectivity index (χ4n) is 1.84. The van der Waals surface area contributed by atoms with Crippen LogP contribution in [0.3, 0.4) is 0 Å². The van der Waals surface area contributed by atoms with Crippen molar-refractivity contribution in [2.45, 2.75) is 19.3 Å². The van der Waals surface area contributed by atoms with Crippen molar-refractivity contribution in [3.63, 3.8) is 0 Å². The molecule has 0 saturated carbocycles. The van der Waals surface area contributed by atoms with Crippen LogP contribution in [-0.2, 0) is 9.59 Å². The smallest absolute Gasteiger partial charge is 0.306 e. The molecule has 0 aromatic carbocycles. The van der Waals surface area contributed by atoms with E-state index in [0.29, 0.717) is 38.9 Å². The highest BCUT2D eigenvalue weighted by molar-refractivity contribution is 5.78. The highest BCUT2D eigenvalue weighted by Gasteiger charge is 2.26. The predicted molar refractivity (Wildman–Crippen MR) is 63.3 cm³/mol. The van der Waals surface area contributed by atoms with Gasteiger partial charge in [-0.3, -0.25) is 9.59 Å². The third kappa shape index (κ3) is 4.45. The lowest BCUT2D eigenvalue weighted by Crippen LogP contribution is -2.44. The Kier molecular flexibility index (Phi) is 5.50. The molecule has 94 valence electrons. The summed E-state index contributed by atoms with van der Waals surface area (Å²) in [4.78, 5) is 24.2. The molecule has 0 radical (unpaired) electrons. The lowest BCUT2D eigenvalue weighted by molar-refractivity contribution is -0.145. The maximum atomic E-state index is 11.7. The maximum Gasteiger partial charge on any atom is 0.306 e. The molecule has 0 aliphatic carbocycles. The lowest BCUT2D eigenvalue weighted by Gasteiger charge is -2.30. The van der Waals surface area contributed by atoms with Gasteiger partial charge in [0.1, 0.15) is 0 Å². The van der Waals surface area contributed by atoms with Crippen LogP contribution < -0.4 is 5.32 Å². The minimum absolute atomic E-state index is 0.0193. The molecule has 1 aliphatic rings. The summed E-state index contributed by atoms with van der Waals surface area (Å²) in [5, 5.41) is 11.8. The number of carbonyl (C=O) groups is 2. The van der Waals surface area contributed by atoms with Gasteiger partial charge < -0.3 is 15.3 Å². The number of amides is 1. The minimum atomic E-state index is -0.760. The van der Waals surface area contributed by atoms with Crippen LogP contribution in [0.2, 0.25) is 0 Å². The topological polar surface area (TPSA) is 69.6 Å². The summed E-state index contributed by atoms with van der Waals surface area (Å²) in [5.41, 5.74) is 0. The molecule has 0 spiro atoms. The van der Waals surface area contributed by atoms with Crippen LogP contribution in [-0.4, -0.2) is 48.1 Å². The number of aliphatic carboxylic acids is 1. The molecule has 5 nitrogen and oxygen atoms in total. The first-order valence-corrected chi connectivity index (χ1v) is 5.80. The molecule has 5 heteroatoms. The normalized spacial score (nSPS) is 16.5. The van der Waals surface area contributed by atoms with Gasteiger partial charge in [0.15, 0.2) is 0 Å². The van der Waals surface area contributed by atoms with E-state index in [1.54, 1.807) is 4.90 Å². The number of carboxylic acid groups (broad SMARTS) is 1. The molecule has 17 heavy (non-hydrogen) atoms. The number of likely N-dealkylation sites (tertiary alicyclic amines) is 1. The Morgan fingerprint density at radius 3 is 2.59 bits per heavy atom. The van der Waals surface area contributed by atoms with Gasteiger partial charge in [-0.25, -0.2) is 0 Å². The van der Waals surface area contributed by atoms with Gasteiger partial charge in [0.25, 0.3) is 0 Å². The Bertz CT molecular complexity index is 314. The van der Waals surface area contributed by atoms with Gasteiger partial charge in [-0.1, -0.05) is 0 Å². The van der Waals surface area contributed by atoms with Gasteiger partial charge in [-0.2, -0.15) is 0 Å². The number of nitrogens with one attached hydrogen (secondary N) is 1. The van der Waals surface area contributed by atoms with Crippen molar-refractivity contribution >= 4 is 11.9 Å². The van der Waals surface area contributed by atoms with E-state index in [9.17, 15) is 9.59 Å². The number of carbonyl (C=O) groups excluding carboxylic acids is 1. The van der Waals surface area contributed by atoms with Crippen LogP contribution in [0.4, 0.5) is 0 Å². The molecule has 1 saturated heterocycles. The average Bonchev–Trinajstić information content (AvgIpc) is 2.34. The van der Waals surface area contributed by atoms with Gasteiger partial charge in [-0.15, -0.1) is 12.3 Å². The fourth-order valence-corrected chi connectivity index (χ4v) is 1.84. The first-order chi connectivity index (χ1) is 8.15. The number of hydrogen-bond acceptors (Lipinski definition) is 3. The number of hydrogen-bond donors (Lipinski definition) is 2. The molecule has 1 heterocycles. The quantitative estimate of drug-likeness (QED) is 0.519. The van der Waals surface area contributed by atoms with Crippen molar-refractivity contribution < 1.29 is 14.7 Å². The zero-order valence-corrected chi connectivity index (χ0v) is 9.82. The first-order valence-electron chi connectivity index (χ1n) is 5.80. The molecule has 0 aromatic heterocycles. The van der Waals surface area contributed by atoms with E-state index < -0.39 is 5.97 Å². The average molecular weight is 238 g/mol.